The number of para-hydroxylation sites is 1. The van der Waals surface area contributed by atoms with Crippen LogP contribution in [0.2, 0.25) is 0 Å². The Balaban J connectivity index is 1.26. The number of carbonyl (C=O) groups is 1. The average molecular weight is 441 g/mol. The van der Waals surface area contributed by atoms with E-state index in [1.165, 1.54) is 22.4 Å². The molecule has 8 heteroatoms. The predicted octanol–water partition coefficient (Wildman–Crippen LogP) is 3.13. The van der Waals surface area contributed by atoms with E-state index in [-0.39, 0.29) is 30.3 Å². The monoisotopic (exact) mass is 441 g/mol. The predicted molar refractivity (Wildman–Crippen MR) is 125 cm³/mol. The van der Waals surface area contributed by atoms with E-state index in [0.717, 1.165) is 28.8 Å². The van der Waals surface area contributed by atoms with E-state index < -0.39 is 0 Å². The van der Waals surface area contributed by atoms with Crippen LogP contribution in [0, 0.1) is 0 Å². The molecule has 33 heavy (non-hydrogen) atoms. The zero-order valence-electron chi connectivity index (χ0n) is 18.0. The van der Waals surface area contributed by atoms with E-state index in [2.05, 4.69) is 21.1 Å². The van der Waals surface area contributed by atoms with Crippen LogP contribution in [0.5, 0.6) is 5.75 Å². The highest BCUT2D eigenvalue weighted by Gasteiger charge is 2.22. The third-order valence-electron chi connectivity index (χ3n) is 5.69. The maximum Gasteiger partial charge on any atom is 0.274 e. The lowest BCUT2D eigenvalue weighted by Crippen LogP contribution is -2.37. The molecular formula is C25H23N5O3. The van der Waals surface area contributed by atoms with Crippen LogP contribution in [0.4, 0.5) is 0 Å². The first-order valence-corrected chi connectivity index (χ1v) is 10.9. The molecule has 5 rings (SSSR count). The molecule has 0 unspecified atom stereocenters. The lowest BCUT2D eigenvalue weighted by Gasteiger charge is -2.26. The van der Waals surface area contributed by atoms with E-state index in [1.807, 2.05) is 48.7 Å². The number of benzene rings is 1. The molecule has 0 aliphatic carbocycles. The van der Waals surface area contributed by atoms with E-state index in [0.29, 0.717) is 13.1 Å². The summed E-state index contributed by atoms with van der Waals surface area (Å²) < 4.78 is 6.93. The SMILES string of the molecule is O=C(c1ccc(=O)n(CCOc2ccccc2)n1)N1CC=C(c2c[nH]c3ncccc23)CC1. The highest BCUT2D eigenvalue weighted by Crippen LogP contribution is 2.28. The van der Waals surface area contributed by atoms with Crippen molar-refractivity contribution in [2.24, 2.45) is 0 Å². The average Bonchev–Trinajstić information content (AvgIpc) is 3.30. The molecule has 0 radical (unpaired) electrons. The number of hydrogen-bond acceptors (Lipinski definition) is 5. The Hall–Kier alpha value is -4.20. The summed E-state index contributed by atoms with van der Waals surface area (Å²) in [5.74, 6) is 0.531. The van der Waals surface area contributed by atoms with Gasteiger partial charge in [-0.1, -0.05) is 24.3 Å². The minimum atomic E-state index is -0.267. The van der Waals surface area contributed by atoms with Gasteiger partial charge in [0.25, 0.3) is 11.5 Å². The molecule has 0 atom stereocenters. The topological polar surface area (TPSA) is 93.1 Å². The number of carbonyl (C=O) groups excluding carboxylic acids is 1. The maximum atomic E-state index is 13.0. The lowest BCUT2D eigenvalue weighted by molar-refractivity contribution is 0.0763. The van der Waals surface area contributed by atoms with Crippen LogP contribution in [0.15, 0.2) is 77.9 Å². The molecule has 1 aliphatic heterocycles. The van der Waals surface area contributed by atoms with Crippen LogP contribution in [0.3, 0.4) is 0 Å². The number of H-pyrrole nitrogens is 1. The number of nitrogens with one attached hydrogen (secondary N) is 1. The molecule has 0 saturated carbocycles. The smallest absolute Gasteiger partial charge is 0.274 e. The van der Waals surface area contributed by atoms with Crippen molar-refractivity contribution in [3.63, 3.8) is 0 Å². The highest BCUT2D eigenvalue weighted by molar-refractivity contribution is 5.94. The fourth-order valence-electron chi connectivity index (χ4n) is 3.97. The zero-order valence-corrected chi connectivity index (χ0v) is 18.0. The quantitative estimate of drug-likeness (QED) is 0.496. The summed E-state index contributed by atoms with van der Waals surface area (Å²) in [5, 5.41) is 5.37. The largest absolute Gasteiger partial charge is 0.492 e. The van der Waals surface area contributed by atoms with Crippen molar-refractivity contribution in [2.45, 2.75) is 13.0 Å². The van der Waals surface area contributed by atoms with Gasteiger partial charge in [-0.15, -0.1) is 0 Å². The number of ether oxygens (including phenoxy) is 1. The van der Waals surface area contributed by atoms with Gasteiger partial charge in [-0.2, -0.15) is 5.10 Å². The Bertz CT molecular complexity index is 1370. The van der Waals surface area contributed by atoms with E-state index in [9.17, 15) is 9.59 Å². The van der Waals surface area contributed by atoms with Gasteiger partial charge in [-0.3, -0.25) is 9.59 Å². The van der Waals surface area contributed by atoms with Crippen LogP contribution in [-0.2, 0) is 6.54 Å². The van der Waals surface area contributed by atoms with Gasteiger partial charge in [0.05, 0.1) is 6.54 Å². The summed E-state index contributed by atoms with van der Waals surface area (Å²) in [4.78, 5) is 34.5. The van der Waals surface area contributed by atoms with Crippen molar-refractivity contribution in [3.05, 3.63) is 94.7 Å². The van der Waals surface area contributed by atoms with Crippen molar-refractivity contribution >= 4 is 22.5 Å². The number of aromatic nitrogens is 4. The second-order valence-electron chi connectivity index (χ2n) is 7.77. The summed E-state index contributed by atoms with van der Waals surface area (Å²) in [6.07, 6.45) is 6.54. The van der Waals surface area contributed by atoms with Crippen molar-refractivity contribution in [1.82, 2.24) is 24.6 Å². The van der Waals surface area contributed by atoms with Gasteiger partial charge < -0.3 is 14.6 Å². The third-order valence-corrected chi connectivity index (χ3v) is 5.69. The molecule has 1 aliphatic rings. The van der Waals surface area contributed by atoms with Crippen LogP contribution in [0.1, 0.15) is 22.5 Å². The summed E-state index contributed by atoms with van der Waals surface area (Å²) in [6, 6.07) is 16.2. The molecular weight excluding hydrogens is 418 g/mol. The zero-order chi connectivity index (χ0) is 22.6. The normalized spacial score (nSPS) is 13.7. The number of amides is 1. The first-order valence-electron chi connectivity index (χ1n) is 10.9. The van der Waals surface area contributed by atoms with Crippen molar-refractivity contribution in [1.29, 1.82) is 0 Å². The van der Waals surface area contributed by atoms with Crippen LogP contribution < -0.4 is 10.3 Å². The fraction of sp³-hybridized carbons (Fsp3) is 0.200. The molecule has 4 aromatic rings. The van der Waals surface area contributed by atoms with Gasteiger partial charge >= 0.3 is 0 Å². The summed E-state index contributed by atoms with van der Waals surface area (Å²) in [7, 11) is 0. The van der Waals surface area contributed by atoms with Gasteiger partial charge in [-0.25, -0.2) is 9.67 Å². The molecule has 0 saturated heterocycles. The highest BCUT2D eigenvalue weighted by atomic mass is 16.5. The third kappa shape index (κ3) is 4.41. The number of nitrogens with zero attached hydrogens (tertiary/aromatic N) is 4. The number of hydrogen-bond donors (Lipinski definition) is 1. The standard InChI is InChI=1S/C25H23N5O3/c31-23-9-8-22(28-30(23)15-16-33-19-5-2-1-3-6-19)25(32)29-13-10-18(11-14-29)21-17-27-24-20(21)7-4-12-26-24/h1-10,12,17H,11,13-16H2,(H,26,27). The molecule has 4 heterocycles. The molecule has 3 aromatic heterocycles. The van der Waals surface area contributed by atoms with Crippen LogP contribution >= 0.6 is 0 Å². The van der Waals surface area contributed by atoms with E-state index in [1.54, 1.807) is 11.1 Å². The molecule has 0 bridgehead atoms. The minimum absolute atomic E-state index is 0.191. The second kappa shape index (κ2) is 9.12. The van der Waals surface area contributed by atoms with Gasteiger partial charge in [0.1, 0.15) is 23.7 Å². The number of rotatable bonds is 6. The van der Waals surface area contributed by atoms with Crippen LogP contribution in [-0.4, -0.2) is 50.3 Å². The maximum absolute atomic E-state index is 13.0. The number of aromatic amines is 1. The molecule has 166 valence electrons. The summed E-state index contributed by atoms with van der Waals surface area (Å²) in [6.45, 7) is 1.60. The molecule has 1 N–H and O–H groups in total. The first kappa shape index (κ1) is 20.7. The minimum Gasteiger partial charge on any atom is -0.492 e. The Morgan fingerprint density at radius 3 is 2.79 bits per heavy atom. The Morgan fingerprint density at radius 1 is 1.09 bits per heavy atom. The van der Waals surface area contributed by atoms with E-state index in [4.69, 9.17) is 4.74 Å². The molecule has 1 aromatic carbocycles. The second-order valence-corrected chi connectivity index (χ2v) is 7.77. The van der Waals surface area contributed by atoms with Gasteiger partial charge in [0, 0.05) is 42.5 Å². The molecule has 8 nitrogen and oxygen atoms in total. The number of pyridine rings is 1. The van der Waals surface area contributed by atoms with Crippen molar-refractivity contribution in [3.8, 4) is 5.75 Å². The lowest BCUT2D eigenvalue weighted by atomic mass is 9.99. The molecule has 1 amide bonds. The first-order chi connectivity index (χ1) is 16.2. The fourth-order valence-corrected chi connectivity index (χ4v) is 3.97. The Kier molecular flexibility index (Phi) is 5.72. The molecule has 0 fully saturated rings. The van der Waals surface area contributed by atoms with Crippen LogP contribution in [0.25, 0.3) is 16.6 Å². The van der Waals surface area contributed by atoms with E-state index >= 15 is 0 Å². The molecule has 0 spiro atoms. The van der Waals surface area contributed by atoms with Crippen molar-refractivity contribution in [2.75, 3.05) is 19.7 Å². The summed E-state index contributed by atoms with van der Waals surface area (Å²) >= 11 is 0. The Labute approximate surface area is 190 Å². The Morgan fingerprint density at radius 2 is 1.97 bits per heavy atom. The van der Waals surface area contributed by atoms with Crippen molar-refractivity contribution < 1.29 is 9.53 Å². The summed E-state index contributed by atoms with van der Waals surface area (Å²) in [5.41, 5.74) is 3.15. The number of fused-ring (bicyclic) bond motifs is 1. The van der Waals surface area contributed by atoms with Gasteiger partial charge in [0.2, 0.25) is 0 Å². The van der Waals surface area contributed by atoms with Gasteiger partial charge in [-0.05, 0) is 42.3 Å². The van der Waals surface area contributed by atoms with Gasteiger partial charge in [0.15, 0.2) is 0 Å².